The molecule has 0 aromatic carbocycles. The molecule has 1 aromatic heterocycles. The van der Waals surface area contributed by atoms with Gasteiger partial charge in [0.05, 0.1) is 18.8 Å². The number of aliphatic hydroxyl groups is 1. The monoisotopic (exact) mass is 295 g/mol. The lowest BCUT2D eigenvalue weighted by Gasteiger charge is -2.30. The van der Waals surface area contributed by atoms with Gasteiger partial charge in [-0.25, -0.2) is 4.98 Å². The lowest BCUT2D eigenvalue weighted by atomic mass is 10.1. The van der Waals surface area contributed by atoms with E-state index >= 15 is 0 Å². The molecule has 0 amide bonds. The molecule has 1 saturated heterocycles. The third kappa shape index (κ3) is 3.84. The molecule has 0 unspecified atom stereocenters. The van der Waals surface area contributed by atoms with E-state index < -0.39 is 0 Å². The summed E-state index contributed by atoms with van der Waals surface area (Å²) < 4.78 is 5.90. The molecule has 0 aliphatic carbocycles. The molecule has 0 spiro atoms. The highest BCUT2D eigenvalue weighted by Gasteiger charge is 2.33. The molecule has 1 aliphatic heterocycles. The standard InChI is InChI=1S/C16H29N3O2/c1-5-6-16-17-12(2)15(21-16)11-19-8-7-14(13(19)3)18(4)9-10-20/h13-14,20H,5-11H2,1-4H3/t13-,14-/m1/s1. The Balaban J connectivity index is 1.97. The second-order valence-electron chi connectivity index (χ2n) is 6.14. The summed E-state index contributed by atoms with van der Waals surface area (Å²) in [6, 6.07) is 0.983. The molecule has 120 valence electrons. The highest BCUT2D eigenvalue weighted by atomic mass is 16.4. The minimum atomic E-state index is 0.224. The second kappa shape index (κ2) is 7.38. The molecule has 1 fully saturated rings. The normalized spacial score (nSPS) is 23.3. The predicted octanol–water partition coefficient (Wildman–Crippen LogP) is 1.82. The minimum Gasteiger partial charge on any atom is -0.444 e. The molecule has 2 heterocycles. The van der Waals surface area contributed by atoms with E-state index in [-0.39, 0.29) is 6.61 Å². The van der Waals surface area contributed by atoms with Crippen LogP contribution < -0.4 is 0 Å². The second-order valence-corrected chi connectivity index (χ2v) is 6.14. The van der Waals surface area contributed by atoms with Crippen molar-refractivity contribution < 1.29 is 9.52 Å². The third-order valence-corrected chi connectivity index (χ3v) is 4.61. The van der Waals surface area contributed by atoms with Gasteiger partial charge in [-0.2, -0.15) is 0 Å². The molecule has 5 nitrogen and oxygen atoms in total. The molecular weight excluding hydrogens is 266 g/mol. The van der Waals surface area contributed by atoms with Crippen LogP contribution in [-0.2, 0) is 13.0 Å². The van der Waals surface area contributed by atoms with Gasteiger partial charge in [0.1, 0.15) is 5.76 Å². The van der Waals surface area contributed by atoms with Crippen LogP contribution in [0.2, 0.25) is 0 Å². The molecular formula is C16H29N3O2. The van der Waals surface area contributed by atoms with Crippen molar-refractivity contribution in [3.05, 3.63) is 17.3 Å². The number of aromatic nitrogens is 1. The minimum absolute atomic E-state index is 0.224. The number of likely N-dealkylation sites (N-methyl/N-ethyl adjacent to an activating group) is 1. The first-order chi connectivity index (χ1) is 10.1. The SMILES string of the molecule is CCCc1nc(C)c(CN2CC[C@@H](N(C)CCO)[C@H]2C)o1. The maximum Gasteiger partial charge on any atom is 0.194 e. The van der Waals surface area contributed by atoms with Gasteiger partial charge in [0.2, 0.25) is 0 Å². The topological polar surface area (TPSA) is 52.7 Å². The molecule has 2 rings (SSSR count). The van der Waals surface area contributed by atoms with Gasteiger partial charge in [0.25, 0.3) is 0 Å². The van der Waals surface area contributed by atoms with Gasteiger partial charge in [0, 0.05) is 31.6 Å². The van der Waals surface area contributed by atoms with Crippen molar-refractivity contribution in [1.82, 2.24) is 14.8 Å². The molecule has 2 atom stereocenters. The van der Waals surface area contributed by atoms with Crippen LogP contribution in [0.1, 0.15) is 44.0 Å². The van der Waals surface area contributed by atoms with Crippen LogP contribution in [0.5, 0.6) is 0 Å². The number of aryl methyl sites for hydroxylation is 2. The van der Waals surface area contributed by atoms with E-state index in [4.69, 9.17) is 9.52 Å². The quantitative estimate of drug-likeness (QED) is 0.831. The zero-order valence-electron chi connectivity index (χ0n) is 13.8. The van der Waals surface area contributed by atoms with Crippen LogP contribution in [0.25, 0.3) is 0 Å². The highest BCUT2D eigenvalue weighted by Crippen LogP contribution is 2.25. The van der Waals surface area contributed by atoms with Gasteiger partial charge in [-0.1, -0.05) is 6.92 Å². The Kier molecular flexibility index (Phi) is 5.79. The Labute approximate surface area is 127 Å². The summed E-state index contributed by atoms with van der Waals surface area (Å²) >= 11 is 0. The Bertz CT molecular complexity index is 447. The van der Waals surface area contributed by atoms with Crippen molar-refractivity contribution >= 4 is 0 Å². The van der Waals surface area contributed by atoms with Gasteiger partial charge in [-0.05, 0) is 33.7 Å². The molecule has 1 N–H and O–H groups in total. The van der Waals surface area contributed by atoms with Gasteiger partial charge >= 0.3 is 0 Å². The van der Waals surface area contributed by atoms with E-state index in [9.17, 15) is 0 Å². The lowest BCUT2D eigenvalue weighted by Crippen LogP contribution is -2.42. The fourth-order valence-corrected chi connectivity index (χ4v) is 3.26. The fraction of sp³-hybridized carbons (Fsp3) is 0.812. The first-order valence-electron chi connectivity index (χ1n) is 8.07. The van der Waals surface area contributed by atoms with E-state index in [0.717, 1.165) is 56.2 Å². The van der Waals surface area contributed by atoms with E-state index in [1.54, 1.807) is 0 Å². The Morgan fingerprint density at radius 3 is 2.90 bits per heavy atom. The summed E-state index contributed by atoms with van der Waals surface area (Å²) in [4.78, 5) is 9.24. The molecule has 1 aromatic rings. The largest absolute Gasteiger partial charge is 0.444 e. The summed E-state index contributed by atoms with van der Waals surface area (Å²) in [7, 11) is 2.10. The van der Waals surface area contributed by atoms with Crippen LogP contribution in [0.4, 0.5) is 0 Å². The Morgan fingerprint density at radius 1 is 1.48 bits per heavy atom. The fourth-order valence-electron chi connectivity index (χ4n) is 3.26. The summed E-state index contributed by atoms with van der Waals surface area (Å²) in [6.45, 7) is 9.33. The van der Waals surface area contributed by atoms with Gasteiger partial charge in [-0.15, -0.1) is 0 Å². The summed E-state index contributed by atoms with van der Waals surface area (Å²) in [5.41, 5.74) is 1.03. The van der Waals surface area contributed by atoms with Gasteiger partial charge in [-0.3, -0.25) is 9.80 Å². The number of oxazole rings is 1. The average molecular weight is 295 g/mol. The number of hydrogen-bond acceptors (Lipinski definition) is 5. The molecule has 5 heteroatoms. The number of rotatable bonds is 7. The molecule has 1 aliphatic rings. The number of likely N-dealkylation sites (tertiary alicyclic amines) is 1. The molecule has 0 saturated carbocycles. The van der Waals surface area contributed by atoms with E-state index in [1.165, 1.54) is 0 Å². The van der Waals surface area contributed by atoms with Crippen LogP contribution >= 0.6 is 0 Å². The molecule has 0 radical (unpaired) electrons. The van der Waals surface area contributed by atoms with Crippen LogP contribution in [0.3, 0.4) is 0 Å². The van der Waals surface area contributed by atoms with Gasteiger partial charge in [0.15, 0.2) is 5.89 Å². The number of nitrogens with zero attached hydrogens (tertiary/aromatic N) is 3. The lowest BCUT2D eigenvalue weighted by molar-refractivity contribution is 0.140. The third-order valence-electron chi connectivity index (χ3n) is 4.61. The van der Waals surface area contributed by atoms with Crippen molar-refractivity contribution in [2.24, 2.45) is 0 Å². The van der Waals surface area contributed by atoms with Crippen molar-refractivity contribution in [2.75, 3.05) is 26.7 Å². The average Bonchev–Trinajstić information content (AvgIpc) is 2.96. The van der Waals surface area contributed by atoms with Crippen molar-refractivity contribution in [2.45, 2.75) is 58.7 Å². The first kappa shape index (κ1) is 16.5. The van der Waals surface area contributed by atoms with Crippen molar-refractivity contribution in [1.29, 1.82) is 0 Å². The van der Waals surface area contributed by atoms with Crippen molar-refractivity contribution in [3.63, 3.8) is 0 Å². The predicted molar refractivity (Wildman–Crippen MR) is 83.2 cm³/mol. The number of aliphatic hydroxyl groups excluding tert-OH is 1. The molecule has 0 bridgehead atoms. The van der Waals surface area contributed by atoms with Crippen molar-refractivity contribution in [3.8, 4) is 0 Å². The summed E-state index contributed by atoms with van der Waals surface area (Å²) in [5.74, 6) is 1.88. The Hall–Kier alpha value is -0.910. The first-order valence-corrected chi connectivity index (χ1v) is 8.07. The smallest absolute Gasteiger partial charge is 0.194 e. The number of hydrogen-bond donors (Lipinski definition) is 1. The van der Waals surface area contributed by atoms with Crippen LogP contribution in [0.15, 0.2) is 4.42 Å². The zero-order chi connectivity index (χ0) is 15.4. The van der Waals surface area contributed by atoms with Crippen LogP contribution in [-0.4, -0.2) is 58.7 Å². The maximum atomic E-state index is 9.10. The summed E-state index contributed by atoms with van der Waals surface area (Å²) in [5, 5.41) is 9.10. The van der Waals surface area contributed by atoms with Gasteiger partial charge < -0.3 is 9.52 Å². The van der Waals surface area contributed by atoms with E-state index in [0.29, 0.717) is 12.1 Å². The van der Waals surface area contributed by atoms with E-state index in [2.05, 4.69) is 35.7 Å². The van der Waals surface area contributed by atoms with E-state index in [1.807, 2.05) is 6.92 Å². The zero-order valence-corrected chi connectivity index (χ0v) is 13.8. The summed E-state index contributed by atoms with van der Waals surface area (Å²) in [6.07, 6.45) is 3.12. The van der Waals surface area contributed by atoms with Crippen LogP contribution in [0, 0.1) is 6.92 Å². The highest BCUT2D eigenvalue weighted by molar-refractivity contribution is 5.09. The maximum absolute atomic E-state index is 9.10. The Morgan fingerprint density at radius 2 is 2.24 bits per heavy atom. The molecule has 21 heavy (non-hydrogen) atoms.